The summed E-state index contributed by atoms with van der Waals surface area (Å²) in [6.07, 6.45) is 0.382. The maximum absolute atomic E-state index is 12.5. The number of thiophene rings is 2. The zero-order chi connectivity index (χ0) is 14.1. The first kappa shape index (κ1) is 13.3. The minimum absolute atomic E-state index is 0.0503. The second-order valence-electron chi connectivity index (χ2n) is 4.29. The second-order valence-corrected chi connectivity index (χ2v) is 6.12. The lowest BCUT2D eigenvalue weighted by Gasteiger charge is -2.03. The van der Waals surface area contributed by atoms with Gasteiger partial charge >= 0.3 is 5.69 Å². The Morgan fingerprint density at radius 1 is 1.30 bits per heavy atom. The molecule has 0 aliphatic rings. The number of aliphatic hydroxyl groups excluding tert-OH is 1. The third-order valence-electron chi connectivity index (χ3n) is 3.04. The largest absolute Gasteiger partial charge is 0.396 e. The lowest BCUT2D eigenvalue weighted by molar-refractivity contribution is 0.278. The van der Waals surface area contributed by atoms with Crippen molar-refractivity contribution in [3.05, 3.63) is 43.7 Å². The fourth-order valence-electron chi connectivity index (χ4n) is 2.10. The predicted molar refractivity (Wildman–Crippen MR) is 81.7 cm³/mol. The summed E-state index contributed by atoms with van der Waals surface area (Å²) in [5, 5.41) is 13.3. The van der Waals surface area contributed by atoms with Gasteiger partial charge in [0.2, 0.25) is 0 Å². The van der Waals surface area contributed by atoms with Gasteiger partial charge in [0.25, 0.3) is 5.56 Å². The van der Waals surface area contributed by atoms with Crippen LogP contribution >= 0.6 is 22.7 Å². The number of hydrogen-bond acceptors (Lipinski definition) is 5. The average Bonchev–Trinajstić information content (AvgIpc) is 3.06. The molecule has 5 nitrogen and oxygen atoms in total. The first-order chi connectivity index (χ1) is 9.72. The third kappa shape index (κ3) is 2.13. The topological polar surface area (TPSA) is 75.1 Å². The van der Waals surface area contributed by atoms with E-state index in [1.807, 2.05) is 22.9 Å². The van der Waals surface area contributed by atoms with Crippen molar-refractivity contribution in [2.24, 2.45) is 0 Å². The van der Waals surface area contributed by atoms with Gasteiger partial charge in [0.05, 0.1) is 5.39 Å². The van der Waals surface area contributed by atoms with E-state index in [2.05, 4.69) is 4.98 Å². The quantitative estimate of drug-likeness (QED) is 0.772. The molecule has 0 saturated heterocycles. The van der Waals surface area contributed by atoms with E-state index in [4.69, 9.17) is 5.11 Å². The van der Waals surface area contributed by atoms with Gasteiger partial charge in [-0.1, -0.05) is 6.07 Å². The van der Waals surface area contributed by atoms with Crippen LogP contribution in [0.2, 0.25) is 0 Å². The Morgan fingerprint density at radius 2 is 2.15 bits per heavy atom. The van der Waals surface area contributed by atoms with Gasteiger partial charge in [-0.05, 0) is 17.9 Å². The summed E-state index contributed by atoms with van der Waals surface area (Å²) >= 11 is 2.92. The van der Waals surface area contributed by atoms with Crippen LogP contribution in [0.25, 0.3) is 20.7 Å². The molecule has 0 radical (unpaired) electrons. The van der Waals surface area contributed by atoms with Crippen molar-refractivity contribution in [2.45, 2.75) is 13.0 Å². The highest BCUT2D eigenvalue weighted by Crippen LogP contribution is 2.32. The maximum Gasteiger partial charge on any atom is 0.329 e. The number of nitrogens with zero attached hydrogens (tertiary/aromatic N) is 1. The molecule has 0 amide bonds. The molecule has 0 aromatic carbocycles. The van der Waals surface area contributed by atoms with Crippen LogP contribution in [0.4, 0.5) is 0 Å². The third-order valence-corrected chi connectivity index (χ3v) is 4.84. The molecule has 3 heterocycles. The number of fused-ring (bicyclic) bond motifs is 1. The molecule has 20 heavy (non-hydrogen) atoms. The molecular weight excluding hydrogens is 296 g/mol. The van der Waals surface area contributed by atoms with E-state index in [9.17, 15) is 9.59 Å². The van der Waals surface area contributed by atoms with Crippen molar-refractivity contribution in [3.8, 4) is 10.4 Å². The van der Waals surface area contributed by atoms with Gasteiger partial charge in [-0.15, -0.1) is 22.7 Å². The molecule has 0 aliphatic heterocycles. The molecule has 3 rings (SSSR count). The van der Waals surface area contributed by atoms with Crippen molar-refractivity contribution in [3.63, 3.8) is 0 Å². The monoisotopic (exact) mass is 308 g/mol. The van der Waals surface area contributed by atoms with Crippen LogP contribution in [0.5, 0.6) is 0 Å². The van der Waals surface area contributed by atoms with Crippen LogP contribution in [0.1, 0.15) is 6.42 Å². The number of aromatic nitrogens is 2. The summed E-state index contributed by atoms with van der Waals surface area (Å²) in [5.41, 5.74) is 0.149. The van der Waals surface area contributed by atoms with E-state index in [1.54, 1.807) is 11.3 Å². The molecule has 0 aliphatic carbocycles. The molecule has 0 atom stereocenters. The van der Waals surface area contributed by atoms with Crippen molar-refractivity contribution >= 4 is 32.9 Å². The molecule has 0 saturated carbocycles. The van der Waals surface area contributed by atoms with Crippen molar-refractivity contribution in [1.82, 2.24) is 9.55 Å². The Hall–Kier alpha value is -1.70. The minimum atomic E-state index is -0.421. The lowest BCUT2D eigenvalue weighted by atomic mass is 10.2. The van der Waals surface area contributed by atoms with Gasteiger partial charge in [-0.3, -0.25) is 14.3 Å². The molecule has 104 valence electrons. The Balaban J connectivity index is 2.26. The molecule has 7 heteroatoms. The minimum Gasteiger partial charge on any atom is -0.396 e. The lowest BCUT2D eigenvalue weighted by Crippen LogP contribution is -2.35. The molecule has 0 unspecified atom stereocenters. The van der Waals surface area contributed by atoms with Gasteiger partial charge in [0.1, 0.15) is 4.83 Å². The SMILES string of the molecule is O=c1[nH]c2scc(-c3cccs3)c2c(=O)n1CCCO. The van der Waals surface area contributed by atoms with E-state index in [0.717, 1.165) is 15.0 Å². The van der Waals surface area contributed by atoms with E-state index in [-0.39, 0.29) is 18.7 Å². The van der Waals surface area contributed by atoms with Crippen molar-refractivity contribution < 1.29 is 5.11 Å². The molecule has 0 bridgehead atoms. The normalized spacial score (nSPS) is 11.2. The maximum atomic E-state index is 12.5. The summed E-state index contributed by atoms with van der Waals surface area (Å²) in [6, 6.07) is 3.88. The van der Waals surface area contributed by atoms with Crippen LogP contribution < -0.4 is 11.2 Å². The summed E-state index contributed by atoms with van der Waals surface area (Å²) in [7, 11) is 0. The van der Waals surface area contributed by atoms with Crippen LogP contribution in [0, 0.1) is 0 Å². The molecule has 0 fully saturated rings. The van der Waals surface area contributed by atoms with E-state index in [1.165, 1.54) is 11.3 Å². The van der Waals surface area contributed by atoms with Crippen LogP contribution in [0.3, 0.4) is 0 Å². The van der Waals surface area contributed by atoms with E-state index in [0.29, 0.717) is 16.6 Å². The van der Waals surface area contributed by atoms with Crippen LogP contribution in [-0.2, 0) is 6.54 Å². The average molecular weight is 308 g/mol. The Bertz CT molecular complexity index is 843. The highest BCUT2D eigenvalue weighted by molar-refractivity contribution is 7.18. The fourth-order valence-corrected chi connectivity index (χ4v) is 3.86. The number of hydrogen-bond donors (Lipinski definition) is 2. The number of rotatable bonds is 4. The highest BCUT2D eigenvalue weighted by atomic mass is 32.1. The molecule has 3 aromatic heterocycles. The Labute approximate surface area is 121 Å². The van der Waals surface area contributed by atoms with Gasteiger partial charge in [0.15, 0.2) is 0 Å². The molecular formula is C13H12N2O3S2. The molecule has 2 N–H and O–H groups in total. The van der Waals surface area contributed by atoms with Gasteiger partial charge in [-0.25, -0.2) is 4.79 Å². The number of aromatic amines is 1. The summed E-state index contributed by atoms with van der Waals surface area (Å²) in [5.74, 6) is 0. The smallest absolute Gasteiger partial charge is 0.329 e. The summed E-state index contributed by atoms with van der Waals surface area (Å²) < 4.78 is 1.16. The number of H-pyrrole nitrogens is 1. The second kappa shape index (κ2) is 5.35. The van der Waals surface area contributed by atoms with Gasteiger partial charge < -0.3 is 5.11 Å². The first-order valence-corrected chi connectivity index (χ1v) is 7.87. The molecule has 3 aromatic rings. The standard InChI is InChI=1S/C13H12N2O3S2/c16-5-2-4-15-12(17)10-8(9-3-1-6-19-9)7-20-11(10)14-13(15)18/h1,3,6-7,16H,2,4-5H2,(H,14,18). The highest BCUT2D eigenvalue weighted by Gasteiger charge is 2.15. The van der Waals surface area contributed by atoms with Crippen molar-refractivity contribution in [1.29, 1.82) is 0 Å². The number of aliphatic hydroxyl groups is 1. The zero-order valence-electron chi connectivity index (χ0n) is 10.5. The fraction of sp³-hybridized carbons (Fsp3) is 0.231. The predicted octanol–water partition coefficient (Wildman–Crippen LogP) is 1.86. The van der Waals surface area contributed by atoms with Gasteiger partial charge in [-0.2, -0.15) is 0 Å². The van der Waals surface area contributed by atoms with Gasteiger partial charge in [0, 0.05) is 29.0 Å². The van der Waals surface area contributed by atoms with E-state index < -0.39 is 5.69 Å². The Morgan fingerprint density at radius 3 is 2.85 bits per heavy atom. The van der Waals surface area contributed by atoms with E-state index >= 15 is 0 Å². The molecule has 0 spiro atoms. The number of nitrogens with one attached hydrogen (secondary N) is 1. The van der Waals surface area contributed by atoms with Crippen LogP contribution in [0.15, 0.2) is 32.5 Å². The van der Waals surface area contributed by atoms with Crippen LogP contribution in [-0.4, -0.2) is 21.3 Å². The summed E-state index contributed by atoms with van der Waals surface area (Å²) in [6.45, 7) is 0.172. The zero-order valence-corrected chi connectivity index (χ0v) is 12.1. The Kier molecular flexibility index (Phi) is 3.56. The van der Waals surface area contributed by atoms with Crippen molar-refractivity contribution in [2.75, 3.05) is 6.61 Å². The first-order valence-electron chi connectivity index (χ1n) is 6.11. The summed E-state index contributed by atoms with van der Waals surface area (Å²) in [4.78, 5) is 28.7.